The SMILES string of the molecule is O=C(CCCSc1nnc(-c2ccc3c(c2)OCO3)n1-c1ccccc1)c1ccccc1. The third kappa shape index (κ3) is 4.24. The van der Waals surface area contributed by atoms with E-state index in [-0.39, 0.29) is 12.6 Å². The number of ketones is 1. The minimum absolute atomic E-state index is 0.164. The van der Waals surface area contributed by atoms with Gasteiger partial charge in [-0.3, -0.25) is 9.36 Å². The van der Waals surface area contributed by atoms with E-state index in [2.05, 4.69) is 10.2 Å². The molecule has 1 aromatic heterocycles. The summed E-state index contributed by atoms with van der Waals surface area (Å²) < 4.78 is 13.0. The molecular formula is C25H21N3O3S. The van der Waals surface area contributed by atoms with Gasteiger partial charge in [0.2, 0.25) is 6.79 Å². The number of rotatable bonds is 8. The molecule has 3 aromatic carbocycles. The molecule has 160 valence electrons. The van der Waals surface area contributed by atoms with Crippen molar-refractivity contribution < 1.29 is 14.3 Å². The summed E-state index contributed by atoms with van der Waals surface area (Å²) in [5.41, 5.74) is 2.64. The predicted molar refractivity (Wildman–Crippen MR) is 124 cm³/mol. The second kappa shape index (κ2) is 9.28. The molecule has 4 aromatic rings. The average molecular weight is 444 g/mol. The second-order valence-corrected chi connectivity index (χ2v) is 8.35. The molecule has 0 saturated carbocycles. The van der Waals surface area contributed by atoms with Gasteiger partial charge in [-0.25, -0.2) is 0 Å². The summed E-state index contributed by atoms with van der Waals surface area (Å²) in [5, 5.41) is 9.72. The Morgan fingerprint density at radius 1 is 0.906 bits per heavy atom. The van der Waals surface area contributed by atoms with Crippen molar-refractivity contribution in [3.63, 3.8) is 0 Å². The van der Waals surface area contributed by atoms with Crippen LogP contribution in [0.5, 0.6) is 11.5 Å². The molecule has 32 heavy (non-hydrogen) atoms. The maximum absolute atomic E-state index is 12.4. The zero-order valence-electron chi connectivity index (χ0n) is 17.3. The van der Waals surface area contributed by atoms with Gasteiger partial charge in [-0.15, -0.1) is 10.2 Å². The van der Waals surface area contributed by atoms with Crippen molar-refractivity contribution in [2.75, 3.05) is 12.5 Å². The Hall–Kier alpha value is -3.58. The normalized spacial score (nSPS) is 12.1. The Bertz CT molecular complexity index is 1230. The minimum atomic E-state index is 0.164. The van der Waals surface area contributed by atoms with Crippen molar-refractivity contribution in [2.24, 2.45) is 0 Å². The zero-order chi connectivity index (χ0) is 21.8. The molecule has 0 saturated heterocycles. The van der Waals surface area contributed by atoms with Gasteiger partial charge in [-0.2, -0.15) is 0 Å². The van der Waals surface area contributed by atoms with Gasteiger partial charge in [0.05, 0.1) is 0 Å². The molecule has 0 aliphatic carbocycles. The van der Waals surface area contributed by atoms with Gasteiger partial charge >= 0.3 is 0 Å². The average Bonchev–Trinajstić information content (AvgIpc) is 3.49. The van der Waals surface area contributed by atoms with E-state index in [1.54, 1.807) is 11.8 Å². The van der Waals surface area contributed by atoms with Gasteiger partial charge in [0.15, 0.2) is 28.3 Å². The Morgan fingerprint density at radius 3 is 2.47 bits per heavy atom. The molecule has 0 unspecified atom stereocenters. The quantitative estimate of drug-likeness (QED) is 0.206. The van der Waals surface area contributed by atoms with Crippen LogP contribution in [-0.2, 0) is 0 Å². The van der Waals surface area contributed by atoms with E-state index in [0.29, 0.717) is 12.2 Å². The van der Waals surface area contributed by atoms with Crippen molar-refractivity contribution in [1.82, 2.24) is 14.8 Å². The maximum Gasteiger partial charge on any atom is 0.231 e. The molecule has 0 spiro atoms. The van der Waals surface area contributed by atoms with Crippen LogP contribution in [0.3, 0.4) is 0 Å². The van der Waals surface area contributed by atoms with E-state index in [9.17, 15) is 4.79 Å². The number of benzene rings is 3. The summed E-state index contributed by atoms with van der Waals surface area (Å²) in [6.45, 7) is 0.229. The van der Waals surface area contributed by atoms with Crippen LogP contribution in [0.2, 0.25) is 0 Å². The number of hydrogen-bond donors (Lipinski definition) is 0. The zero-order valence-corrected chi connectivity index (χ0v) is 18.1. The summed E-state index contributed by atoms with van der Waals surface area (Å²) in [7, 11) is 0. The highest BCUT2D eigenvalue weighted by Gasteiger charge is 2.20. The van der Waals surface area contributed by atoms with Crippen LogP contribution in [0.15, 0.2) is 84.0 Å². The number of thioether (sulfide) groups is 1. The van der Waals surface area contributed by atoms with Crippen LogP contribution in [0.4, 0.5) is 0 Å². The Balaban J connectivity index is 1.35. The molecule has 0 fully saturated rings. The molecule has 2 heterocycles. The van der Waals surface area contributed by atoms with Gasteiger partial charge in [0, 0.05) is 29.0 Å². The number of para-hydroxylation sites is 1. The standard InChI is InChI=1S/C25H21N3O3S/c29-21(18-8-3-1-4-9-18)12-7-15-32-25-27-26-24(28(25)20-10-5-2-6-11-20)19-13-14-22-23(16-19)31-17-30-22/h1-6,8-11,13-14,16H,7,12,15,17H2. The minimum Gasteiger partial charge on any atom is -0.454 e. The van der Waals surface area contributed by atoms with Gasteiger partial charge in [-0.1, -0.05) is 60.3 Å². The lowest BCUT2D eigenvalue weighted by atomic mass is 10.1. The lowest BCUT2D eigenvalue weighted by Gasteiger charge is -2.10. The van der Waals surface area contributed by atoms with E-state index >= 15 is 0 Å². The summed E-state index contributed by atoms with van der Waals surface area (Å²) in [6.07, 6.45) is 1.27. The number of carbonyl (C=O) groups is 1. The molecule has 6 nitrogen and oxygen atoms in total. The largest absolute Gasteiger partial charge is 0.454 e. The fraction of sp³-hybridized carbons (Fsp3) is 0.160. The first-order valence-corrected chi connectivity index (χ1v) is 11.4. The highest BCUT2D eigenvalue weighted by Crippen LogP contribution is 2.37. The van der Waals surface area contributed by atoms with Crippen molar-refractivity contribution >= 4 is 17.5 Å². The molecule has 7 heteroatoms. The van der Waals surface area contributed by atoms with Crippen LogP contribution in [0, 0.1) is 0 Å². The second-order valence-electron chi connectivity index (χ2n) is 7.29. The van der Waals surface area contributed by atoms with E-state index in [1.807, 2.05) is 83.4 Å². The monoisotopic (exact) mass is 443 g/mol. The lowest BCUT2D eigenvalue weighted by molar-refractivity contribution is 0.0982. The first kappa shape index (κ1) is 20.3. The number of fused-ring (bicyclic) bond motifs is 1. The first-order valence-electron chi connectivity index (χ1n) is 10.4. The number of ether oxygens (including phenoxy) is 2. The Labute approximate surface area is 190 Å². The maximum atomic E-state index is 12.4. The molecule has 0 radical (unpaired) electrons. The number of Topliss-reactive ketones (excluding diaryl/α,β-unsaturated/α-hetero) is 1. The van der Waals surface area contributed by atoms with E-state index in [0.717, 1.165) is 45.7 Å². The van der Waals surface area contributed by atoms with Crippen LogP contribution in [0.1, 0.15) is 23.2 Å². The van der Waals surface area contributed by atoms with Gasteiger partial charge in [0.25, 0.3) is 0 Å². The molecule has 0 N–H and O–H groups in total. The number of nitrogens with zero attached hydrogens (tertiary/aromatic N) is 3. The van der Waals surface area contributed by atoms with Gasteiger partial charge < -0.3 is 9.47 Å². The Kier molecular flexibility index (Phi) is 5.89. The van der Waals surface area contributed by atoms with E-state index < -0.39 is 0 Å². The molecule has 1 aliphatic rings. The lowest BCUT2D eigenvalue weighted by Crippen LogP contribution is -2.01. The number of carbonyl (C=O) groups excluding carboxylic acids is 1. The number of aromatic nitrogens is 3. The van der Waals surface area contributed by atoms with Crippen molar-refractivity contribution in [1.29, 1.82) is 0 Å². The fourth-order valence-corrected chi connectivity index (χ4v) is 4.45. The molecule has 1 aliphatic heterocycles. The van der Waals surface area contributed by atoms with Gasteiger partial charge in [0.1, 0.15) is 0 Å². The number of hydrogen-bond acceptors (Lipinski definition) is 6. The smallest absolute Gasteiger partial charge is 0.231 e. The van der Waals surface area contributed by atoms with Crippen LogP contribution >= 0.6 is 11.8 Å². The Morgan fingerprint density at radius 2 is 1.66 bits per heavy atom. The third-order valence-corrected chi connectivity index (χ3v) is 6.17. The van der Waals surface area contributed by atoms with Gasteiger partial charge in [-0.05, 0) is 36.8 Å². The molecule has 0 atom stereocenters. The first-order chi connectivity index (χ1) is 15.8. The highest BCUT2D eigenvalue weighted by molar-refractivity contribution is 7.99. The topological polar surface area (TPSA) is 66.2 Å². The van der Waals surface area contributed by atoms with Crippen LogP contribution in [0.25, 0.3) is 17.1 Å². The molecule has 5 rings (SSSR count). The van der Waals surface area contributed by atoms with Crippen LogP contribution in [-0.4, -0.2) is 33.1 Å². The summed E-state index contributed by atoms with van der Waals surface area (Å²) >= 11 is 1.60. The third-order valence-electron chi connectivity index (χ3n) is 5.15. The highest BCUT2D eigenvalue weighted by atomic mass is 32.2. The summed E-state index contributed by atoms with van der Waals surface area (Å²) in [4.78, 5) is 12.4. The summed E-state index contributed by atoms with van der Waals surface area (Å²) in [5.74, 6) is 3.11. The summed E-state index contributed by atoms with van der Waals surface area (Å²) in [6, 6.07) is 25.2. The van der Waals surface area contributed by atoms with Crippen molar-refractivity contribution in [2.45, 2.75) is 18.0 Å². The van der Waals surface area contributed by atoms with E-state index in [4.69, 9.17) is 9.47 Å². The van der Waals surface area contributed by atoms with Crippen LogP contribution < -0.4 is 9.47 Å². The fourth-order valence-electron chi connectivity index (χ4n) is 3.56. The van der Waals surface area contributed by atoms with E-state index in [1.165, 1.54) is 0 Å². The molecule has 0 amide bonds. The molecule has 0 bridgehead atoms. The molecular weight excluding hydrogens is 422 g/mol. The van der Waals surface area contributed by atoms with Crippen molar-refractivity contribution in [3.8, 4) is 28.6 Å². The van der Waals surface area contributed by atoms with Crippen molar-refractivity contribution in [3.05, 3.63) is 84.4 Å². The predicted octanol–water partition coefficient (Wildman–Crippen LogP) is 5.42.